The summed E-state index contributed by atoms with van der Waals surface area (Å²) in [7, 11) is 0. The Balaban J connectivity index is 1.74. The van der Waals surface area contributed by atoms with Crippen LogP contribution in [0.2, 0.25) is 0 Å². The van der Waals surface area contributed by atoms with Crippen molar-refractivity contribution in [2.75, 3.05) is 5.32 Å². The van der Waals surface area contributed by atoms with E-state index in [1.165, 1.54) is 12.3 Å². The van der Waals surface area contributed by atoms with Crippen LogP contribution in [0.3, 0.4) is 0 Å². The monoisotopic (exact) mass is 329 g/mol. The van der Waals surface area contributed by atoms with Crippen molar-refractivity contribution in [2.24, 2.45) is 0 Å². The minimum Gasteiger partial charge on any atom is -0.459 e. The molecule has 0 aliphatic carbocycles. The van der Waals surface area contributed by atoms with Gasteiger partial charge in [0, 0.05) is 18.5 Å². The molecule has 0 bridgehead atoms. The standard InChI is InChI=1S/C17H19N3O4/c1-11-5-6-12(2)13(10-11)18-15(21)7-8-16(22)19-20-17(23)14-4-3-9-24-14/h3-6,9-10H,7-8H2,1-2H3,(H,18,21)(H,19,22)(H,20,23). The average molecular weight is 329 g/mol. The van der Waals surface area contributed by atoms with Gasteiger partial charge in [0.25, 0.3) is 0 Å². The molecule has 0 atom stereocenters. The fourth-order valence-electron chi connectivity index (χ4n) is 1.97. The predicted molar refractivity (Wildman–Crippen MR) is 88.1 cm³/mol. The van der Waals surface area contributed by atoms with Crippen LogP contribution in [-0.4, -0.2) is 17.7 Å². The molecule has 0 unspecified atom stereocenters. The number of furan rings is 1. The number of anilines is 1. The first-order valence-electron chi connectivity index (χ1n) is 7.45. The van der Waals surface area contributed by atoms with Gasteiger partial charge in [0.15, 0.2) is 5.76 Å². The smallest absolute Gasteiger partial charge is 0.305 e. The second-order valence-corrected chi connectivity index (χ2v) is 5.35. The molecule has 7 nitrogen and oxygen atoms in total. The van der Waals surface area contributed by atoms with Crippen LogP contribution in [0.25, 0.3) is 0 Å². The Hall–Kier alpha value is -3.09. The molecule has 2 rings (SSSR count). The lowest BCUT2D eigenvalue weighted by molar-refractivity contribution is -0.124. The number of rotatable bonds is 5. The summed E-state index contributed by atoms with van der Waals surface area (Å²) in [6, 6.07) is 8.78. The quantitative estimate of drug-likeness (QED) is 0.731. The molecule has 0 aliphatic rings. The van der Waals surface area contributed by atoms with Crippen molar-refractivity contribution >= 4 is 23.4 Å². The summed E-state index contributed by atoms with van der Waals surface area (Å²) in [6.45, 7) is 3.83. The number of aryl methyl sites for hydroxylation is 2. The molecule has 1 aromatic carbocycles. The van der Waals surface area contributed by atoms with Gasteiger partial charge < -0.3 is 9.73 Å². The fraction of sp³-hybridized carbons (Fsp3) is 0.235. The van der Waals surface area contributed by atoms with Crippen LogP contribution in [-0.2, 0) is 9.59 Å². The summed E-state index contributed by atoms with van der Waals surface area (Å²) < 4.78 is 4.89. The van der Waals surface area contributed by atoms with Gasteiger partial charge in [0.1, 0.15) is 0 Å². The second-order valence-electron chi connectivity index (χ2n) is 5.35. The Bertz CT molecular complexity index is 738. The number of carbonyl (C=O) groups excluding carboxylic acids is 3. The van der Waals surface area contributed by atoms with Crippen molar-refractivity contribution in [3.63, 3.8) is 0 Å². The van der Waals surface area contributed by atoms with Crippen molar-refractivity contribution in [3.8, 4) is 0 Å². The molecule has 2 aromatic rings. The minimum absolute atomic E-state index is 0.00976. The summed E-state index contributed by atoms with van der Waals surface area (Å²) in [5.74, 6) is -1.21. The summed E-state index contributed by atoms with van der Waals surface area (Å²) >= 11 is 0. The van der Waals surface area contributed by atoms with E-state index in [1.807, 2.05) is 32.0 Å². The second kappa shape index (κ2) is 7.96. The van der Waals surface area contributed by atoms with Gasteiger partial charge in [-0.3, -0.25) is 25.2 Å². The Kier molecular flexibility index (Phi) is 5.73. The van der Waals surface area contributed by atoms with Gasteiger partial charge in [-0.2, -0.15) is 0 Å². The molecule has 1 heterocycles. The molecule has 0 fully saturated rings. The third kappa shape index (κ3) is 4.98. The lowest BCUT2D eigenvalue weighted by Crippen LogP contribution is -2.41. The highest BCUT2D eigenvalue weighted by atomic mass is 16.3. The summed E-state index contributed by atoms with van der Waals surface area (Å²) in [5, 5.41) is 2.77. The number of benzene rings is 1. The molecule has 24 heavy (non-hydrogen) atoms. The van der Waals surface area contributed by atoms with Gasteiger partial charge >= 0.3 is 5.91 Å². The highest BCUT2D eigenvalue weighted by molar-refractivity contribution is 5.95. The van der Waals surface area contributed by atoms with Crippen molar-refractivity contribution in [1.82, 2.24) is 10.9 Å². The normalized spacial score (nSPS) is 10.1. The van der Waals surface area contributed by atoms with Gasteiger partial charge in [-0.15, -0.1) is 0 Å². The fourth-order valence-corrected chi connectivity index (χ4v) is 1.97. The minimum atomic E-state index is -0.562. The number of hydrogen-bond acceptors (Lipinski definition) is 4. The van der Waals surface area contributed by atoms with E-state index in [2.05, 4.69) is 16.2 Å². The molecule has 3 N–H and O–H groups in total. The van der Waals surface area contributed by atoms with E-state index in [0.29, 0.717) is 0 Å². The molecule has 0 spiro atoms. The van der Waals surface area contributed by atoms with E-state index in [9.17, 15) is 14.4 Å². The van der Waals surface area contributed by atoms with E-state index < -0.39 is 11.8 Å². The van der Waals surface area contributed by atoms with Crippen molar-refractivity contribution < 1.29 is 18.8 Å². The number of hydrazine groups is 1. The number of amides is 3. The molecular weight excluding hydrogens is 310 g/mol. The Morgan fingerprint density at radius 3 is 2.46 bits per heavy atom. The average Bonchev–Trinajstić information content (AvgIpc) is 3.08. The van der Waals surface area contributed by atoms with Gasteiger partial charge in [-0.25, -0.2) is 0 Å². The van der Waals surface area contributed by atoms with E-state index in [1.54, 1.807) is 6.07 Å². The van der Waals surface area contributed by atoms with Crippen LogP contribution in [0.5, 0.6) is 0 Å². The van der Waals surface area contributed by atoms with E-state index >= 15 is 0 Å². The maximum absolute atomic E-state index is 11.9. The van der Waals surface area contributed by atoms with Gasteiger partial charge in [-0.1, -0.05) is 12.1 Å². The van der Waals surface area contributed by atoms with Crippen molar-refractivity contribution in [3.05, 3.63) is 53.5 Å². The maximum Gasteiger partial charge on any atom is 0.305 e. The summed E-state index contributed by atoms with van der Waals surface area (Å²) in [6.07, 6.45) is 1.32. The van der Waals surface area contributed by atoms with Gasteiger partial charge in [-0.05, 0) is 43.2 Å². The number of hydrogen-bond donors (Lipinski definition) is 3. The van der Waals surface area contributed by atoms with Gasteiger partial charge in [0.2, 0.25) is 11.8 Å². The first kappa shape index (κ1) is 17.3. The molecule has 0 saturated heterocycles. The van der Waals surface area contributed by atoms with E-state index in [4.69, 9.17) is 4.42 Å². The van der Waals surface area contributed by atoms with Crippen LogP contribution >= 0.6 is 0 Å². The van der Waals surface area contributed by atoms with E-state index in [0.717, 1.165) is 16.8 Å². The van der Waals surface area contributed by atoms with Crippen LogP contribution in [0.1, 0.15) is 34.5 Å². The van der Waals surface area contributed by atoms with Crippen LogP contribution < -0.4 is 16.2 Å². The molecule has 126 valence electrons. The zero-order chi connectivity index (χ0) is 17.5. The highest BCUT2D eigenvalue weighted by Gasteiger charge is 2.11. The van der Waals surface area contributed by atoms with Crippen LogP contribution in [0.4, 0.5) is 5.69 Å². The van der Waals surface area contributed by atoms with Crippen molar-refractivity contribution in [2.45, 2.75) is 26.7 Å². The molecule has 1 aromatic heterocycles. The molecule has 0 aliphatic heterocycles. The molecule has 7 heteroatoms. The van der Waals surface area contributed by atoms with Crippen LogP contribution in [0, 0.1) is 13.8 Å². The zero-order valence-corrected chi connectivity index (χ0v) is 13.5. The Labute approximate surface area is 139 Å². The van der Waals surface area contributed by atoms with Gasteiger partial charge in [0.05, 0.1) is 6.26 Å². The molecule has 0 radical (unpaired) electrons. The lowest BCUT2D eigenvalue weighted by Gasteiger charge is -2.09. The maximum atomic E-state index is 11.9. The number of nitrogens with one attached hydrogen (secondary N) is 3. The first-order valence-corrected chi connectivity index (χ1v) is 7.45. The summed E-state index contributed by atoms with van der Waals surface area (Å²) in [4.78, 5) is 35.1. The SMILES string of the molecule is Cc1ccc(C)c(NC(=O)CCC(=O)NNC(=O)c2ccco2)c1. The predicted octanol–water partition coefficient (Wildman–Crippen LogP) is 2.08. The molecule has 3 amide bonds. The topological polar surface area (TPSA) is 100 Å². The molecular formula is C17H19N3O4. The van der Waals surface area contributed by atoms with Crippen molar-refractivity contribution in [1.29, 1.82) is 0 Å². The largest absolute Gasteiger partial charge is 0.459 e. The molecule has 0 saturated carbocycles. The third-order valence-electron chi connectivity index (χ3n) is 3.31. The summed E-state index contributed by atoms with van der Waals surface area (Å²) in [5.41, 5.74) is 7.16. The van der Waals surface area contributed by atoms with E-state index in [-0.39, 0.29) is 24.5 Å². The number of carbonyl (C=O) groups is 3. The lowest BCUT2D eigenvalue weighted by atomic mass is 10.1. The third-order valence-corrected chi connectivity index (χ3v) is 3.31. The highest BCUT2D eigenvalue weighted by Crippen LogP contribution is 2.16. The zero-order valence-electron chi connectivity index (χ0n) is 13.5. The Morgan fingerprint density at radius 2 is 1.75 bits per heavy atom. The Morgan fingerprint density at radius 1 is 1.00 bits per heavy atom. The van der Waals surface area contributed by atoms with Crippen LogP contribution in [0.15, 0.2) is 41.0 Å². The first-order chi connectivity index (χ1) is 11.5.